The van der Waals surface area contributed by atoms with Gasteiger partial charge < -0.3 is 29.5 Å². The summed E-state index contributed by atoms with van der Waals surface area (Å²) in [5.41, 5.74) is 3.35. The molecule has 1 aromatic heterocycles. The van der Waals surface area contributed by atoms with Crippen LogP contribution in [0.15, 0.2) is 77.5 Å². The monoisotopic (exact) mass is 689 g/mol. The second-order valence-corrected chi connectivity index (χ2v) is 12.4. The molecular formula is C39H49F2N5O4. The van der Waals surface area contributed by atoms with Gasteiger partial charge in [-0.25, -0.2) is 13.8 Å². The maximum absolute atomic E-state index is 14.3. The molecule has 0 radical (unpaired) electrons. The first kappa shape index (κ1) is 38.2. The lowest BCUT2D eigenvalue weighted by atomic mass is 9.97. The lowest BCUT2D eigenvalue weighted by Gasteiger charge is -2.33. The summed E-state index contributed by atoms with van der Waals surface area (Å²) in [6, 6.07) is 15.2. The minimum atomic E-state index is -1.12. The number of aromatic nitrogens is 1. The SMILES string of the molecule is CCCN(CCC)C(=O)c1cc(C(=O)N(C)[C@@H](Cc2cc(F)cc(F)c2)[C@H](O)CNCc2cccc(N(CC)CC)c2)cc(-c2ncco2)c1. The van der Waals surface area contributed by atoms with Crippen molar-refractivity contribution in [2.24, 2.45) is 0 Å². The first-order chi connectivity index (χ1) is 24.1. The van der Waals surface area contributed by atoms with Gasteiger partial charge in [-0.1, -0.05) is 26.0 Å². The zero-order valence-corrected chi connectivity index (χ0v) is 29.7. The average molecular weight is 690 g/mol. The van der Waals surface area contributed by atoms with Crippen LogP contribution in [0.4, 0.5) is 14.5 Å². The number of amides is 2. The van der Waals surface area contributed by atoms with Crippen molar-refractivity contribution in [2.75, 3.05) is 44.7 Å². The maximum Gasteiger partial charge on any atom is 0.253 e. The Kier molecular flexibility index (Phi) is 14.1. The van der Waals surface area contributed by atoms with E-state index in [1.165, 1.54) is 29.5 Å². The van der Waals surface area contributed by atoms with E-state index in [1.54, 1.807) is 30.1 Å². The highest BCUT2D eigenvalue weighted by Crippen LogP contribution is 2.25. The molecule has 4 rings (SSSR count). The summed E-state index contributed by atoms with van der Waals surface area (Å²) in [6.07, 6.45) is 3.29. The number of hydrogen-bond donors (Lipinski definition) is 2. The van der Waals surface area contributed by atoms with Crippen molar-refractivity contribution in [3.8, 4) is 11.5 Å². The second-order valence-electron chi connectivity index (χ2n) is 12.4. The van der Waals surface area contributed by atoms with E-state index in [2.05, 4.69) is 41.2 Å². The van der Waals surface area contributed by atoms with Gasteiger partial charge in [-0.05, 0) is 86.7 Å². The third-order valence-electron chi connectivity index (χ3n) is 8.73. The molecule has 50 heavy (non-hydrogen) atoms. The van der Waals surface area contributed by atoms with Crippen LogP contribution < -0.4 is 10.2 Å². The zero-order valence-electron chi connectivity index (χ0n) is 29.7. The molecule has 0 aliphatic rings. The molecule has 0 spiro atoms. The molecular weight excluding hydrogens is 640 g/mol. The van der Waals surface area contributed by atoms with Crippen LogP contribution in [0.1, 0.15) is 72.4 Å². The smallest absolute Gasteiger partial charge is 0.253 e. The highest BCUT2D eigenvalue weighted by molar-refractivity contribution is 6.01. The van der Waals surface area contributed by atoms with E-state index >= 15 is 0 Å². The number of benzene rings is 3. The van der Waals surface area contributed by atoms with Crippen LogP contribution in [0.3, 0.4) is 0 Å². The van der Waals surface area contributed by atoms with Gasteiger partial charge in [0.25, 0.3) is 11.8 Å². The lowest BCUT2D eigenvalue weighted by molar-refractivity contribution is 0.0440. The summed E-state index contributed by atoms with van der Waals surface area (Å²) in [5, 5.41) is 14.9. The fourth-order valence-corrected chi connectivity index (χ4v) is 6.21. The standard InChI is InChI=1S/C39H49F2N5O4/c1-6-14-46(15-7-2)39(49)31-22-29(37-43-13-16-50-37)21-30(23-31)38(48)44(5)35(20-28-17-32(40)24-33(41)18-28)36(47)26-42-25-27-11-10-12-34(19-27)45(8-3)9-4/h10-13,16-19,21-24,35-36,42,47H,6-9,14-15,20,25-26H2,1-5H3/t35-,36+/m0/s1. The van der Waals surface area contributed by atoms with Crippen molar-refractivity contribution < 1.29 is 27.9 Å². The Morgan fingerprint density at radius 1 is 0.880 bits per heavy atom. The largest absolute Gasteiger partial charge is 0.445 e. The molecule has 0 saturated carbocycles. The summed E-state index contributed by atoms with van der Waals surface area (Å²) >= 11 is 0. The van der Waals surface area contributed by atoms with E-state index in [0.717, 1.165) is 43.2 Å². The van der Waals surface area contributed by atoms with Gasteiger partial charge in [0.1, 0.15) is 17.9 Å². The summed E-state index contributed by atoms with van der Waals surface area (Å²) in [5.74, 6) is -1.97. The molecule has 9 nitrogen and oxygen atoms in total. The molecule has 0 aliphatic carbocycles. The molecule has 11 heteroatoms. The van der Waals surface area contributed by atoms with Crippen molar-refractivity contribution in [2.45, 2.75) is 65.6 Å². The van der Waals surface area contributed by atoms with Gasteiger partial charge in [0.05, 0.1) is 18.3 Å². The number of halogens is 2. The molecule has 0 aliphatic heterocycles. The molecule has 0 fully saturated rings. The average Bonchev–Trinajstić information content (AvgIpc) is 3.65. The molecule has 2 N–H and O–H groups in total. The van der Waals surface area contributed by atoms with Gasteiger partial charge in [-0.2, -0.15) is 0 Å². The number of oxazole rings is 1. The van der Waals surface area contributed by atoms with E-state index < -0.39 is 29.7 Å². The third kappa shape index (κ3) is 9.98. The number of nitrogens with one attached hydrogen (secondary N) is 1. The third-order valence-corrected chi connectivity index (χ3v) is 8.73. The molecule has 0 bridgehead atoms. The summed E-state index contributed by atoms with van der Waals surface area (Å²) in [6.45, 7) is 11.6. The quantitative estimate of drug-likeness (QED) is 0.122. The predicted molar refractivity (Wildman–Crippen MR) is 192 cm³/mol. The van der Waals surface area contributed by atoms with E-state index in [0.29, 0.717) is 30.8 Å². The molecule has 2 atom stereocenters. The van der Waals surface area contributed by atoms with Crippen molar-refractivity contribution in [1.82, 2.24) is 20.1 Å². The van der Waals surface area contributed by atoms with Crippen molar-refractivity contribution in [3.05, 3.63) is 107 Å². The van der Waals surface area contributed by atoms with Crippen molar-refractivity contribution >= 4 is 17.5 Å². The molecule has 3 aromatic carbocycles. The minimum absolute atomic E-state index is 0.0246. The Hall–Kier alpha value is -4.61. The highest BCUT2D eigenvalue weighted by atomic mass is 19.1. The Bertz CT molecular complexity index is 1670. The van der Waals surface area contributed by atoms with E-state index in [-0.39, 0.29) is 35.9 Å². The number of rotatable bonds is 18. The summed E-state index contributed by atoms with van der Waals surface area (Å²) in [7, 11) is 1.54. The molecule has 268 valence electrons. The Balaban J connectivity index is 1.64. The van der Waals surface area contributed by atoms with Crippen LogP contribution in [0.2, 0.25) is 0 Å². The minimum Gasteiger partial charge on any atom is -0.445 e. The number of nitrogens with zero attached hydrogens (tertiary/aromatic N) is 4. The number of likely N-dealkylation sites (N-methyl/N-ethyl adjacent to an activating group) is 1. The number of aliphatic hydroxyl groups excluding tert-OH is 1. The fourth-order valence-electron chi connectivity index (χ4n) is 6.21. The predicted octanol–water partition coefficient (Wildman–Crippen LogP) is 6.56. The normalized spacial score (nSPS) is 12.4. The second kappa shape index (κ2) is 18.4. The van der Waals surface area contributed by atoms with Gasteiger partial charge in [0.15, 0.2) is 0 Å². The zero-order chi connectivity index (χ0) is 36.2. The van der Waals surface area contributed by atoms with Crippen LogP contribution in [0, 0.1) is 11.6 Å². The fraction of sp³-hybridized carbons (Fsp3) is 0.410. The lowest BCUT2D eigenvalue weighted by Crippen LogP contribution is -2.49. The first-order valence-corrected chi connectivity index (χ1v) is 17.4. The van der Waals surface area contributed by atoms with Crippen molar-refractivity contribution in [3.63, 3.8) is 0 Å². The van der Waals surface area contributed by atoms with E-state index in [9.17, 15) is 23.5 Å². The number of hydrogen-bond acceptors (Lipinski definition) is 7. The highest BCUT2D eigenvalue weighted by Gasteiger charge is 2.30. The topological polar surface area (TPSA) is 102 Å². The van der Waals surface area contributed by atoms with Crippen LogP contribution in [0.25, 0.3) is 11.5 Å². The first-order valence-electron chi connectivity index (χ1n) is 17.4. The number of carbonyl (C=O) groups is 2. The van der Waals surface area contributed by atoms with E-state index in [1.807, 2.05) is 26.0 Å². The van der Waals surface area contributed by atoms with Gasteiger partial charge in [-0.15, -0.1) is 0 Å². The summed E-state index contributed by atoms with van der Waals surface area (Å²) < 4.78 is 34.0. The van der Waals surface area contributed by atoms with Crippen LogP contribution in [-0.2, 0) is 13.0 Å². The summed E-state index contributed by atoms with van der Waals surface area (Å²) in [4.78, 5) is 37.5. The van der Waals surface area contributed by atoms with E-state index in [4.69, 9.17) is 4.42 Å². The Morgan fingerprint density at radius 3 is 2.14 bits per heavy atom. The maximum atomic E-state index is 14.3. The van der Waals surface area contributed by atoms with Gasteiger partial charge >= 0.3 is 0 Å². The van der Waals surface area contributed by atoms with Crippen molar-refractivity contribution in [1.29, 1.82) is 0 Å². The molecule has 0 saturated heterocycles. The molecule has 0 unspecified atom stereocenters. The van der Waals surface area contributed by atoms with Gasteiger partial charge in [0, 0.05) is 74.8 Å². The Morgan fingerprint density at radius 2 is 1.54 bits per heavy atom. The number of aliphatic hydroxyl groups is 1. The van der Waals surface area contributed by atoms with Crippen LogP contribution >= 0.6 is 0 Å². The number of carbonyl (C=O) groups excluding carboxylic acids is 2. The van der Waals surface area contributed by atoms with Crippen LogP contribution in [0.5, 0.6) is 0 Å². The van der Waals surface area contributed by atoms with Crippen LogP contribution in [-0.4, -0.2) is 83.6 Å². The molecule has 2 amide bonds. The molecule has 1 heterocycles. The van der Waals surface area contributed by atoms with Gasteiger partial charge in [0.2, 0.25) is 5.89 Å². The Labute approximate surface area is 293 Å². The van der Waals surface area contributed by atoms with Gasteiger partial charge in [-0.3, -0.25) is 9.59 Å². The molecule has 4 aromatic rings. The number of anilines is 1.